The van der Waals surface area contributed by atoms with Gasteiger partial charge in [-0.15, -0.1) is 0 Å². The Kier molecular flexibility index (Phi) is 4.77. The van der Waals surface area contributed by atoms with E-state index in [9.17, 15) is 0 Å². The van der Waals surface area contributed by atoms with Crippen LogP contribution in [0.3, 0.4) is 0 Å². The minimum atomic E-state index is -0.663. The summed E-state index contributed by atoms with van der Waals surface area (Å²) < 4.78 is 20.6. The molecule has 2 aliphatic heterocycles. The molecule has 0 aliphatic carbocycles. The lowest BCUT2D eigenvalue weighted by atomic mass is 10.1. The van der Waals surface area contributed by atoms with E-state index in [2.05, 4.69) is 32.2 Å². The molecule has 0 amide bonds. The predicted molar refractivity (Wildman–Crippen MR) is 98.9 cm³/mol. The van der Waals surface area contributed by atoms with E-state index in [-0.39, 0.29) is 18.3 Å². The van der Waals surface area contributed by atoms with E-state index in [1.54, 1.807) is 6.33 Å². The third kappa shape index (κ3) is 3.39. The van der Waals surface area contributed by atoms with Crippen molar-refractivity contribution in [1.29, 1.82) is 0 Å². The maximum Gasteiger partial charge on any atom is 0.167 e. The van der Waals surface area contributed by atoms with Gasteiger partial charge in [-0.1, -0.05) is 0 Å². The Balaban J connectivity index is 1.62. The number of nitrogens with zero attached hydrogens (tertiary/aromatic N) is 5. The molecule has 2 saturated heterocycles. The van der Waals surface area contributed by atoms with Crippen molar-refractivity contribution >= 4 is 17.0 Å². The number of hydrogen-bond donors (Lipinski definition) is 2. The highest BCUT2D eigenvalue weighted by atomic mass is 16.8. The minimum absolute atomic E-state index is 0.125. The van der Waals surface area contributed by atoms with E-state index in [0.29, 0.717) is 17.0 Å². The molecule has 0 radical (unpaired) electrons. The molecule has 4 atom stereocenters. The number of likely N-dealkylation sites (N-methyl/N-ethyl adjacent to an activating group) is 2. The van der Waals surface area contributed by atoms with Crippen molar-refractivity contribution in [2.75, 3.05) is 39.5 Å². The van der Waals surface area contributed by atoms with Crippen LogP contribution in [0.2, 0.25) is 0 Å². The number of aromatic nitrogens is 4. The number of fused-ring (bicyclic) bond motifs is 2. The number of nitrogens with one attached hydrogen (secondary N) is 1. The molecule has 10 heteroatoms. The van der Waals surface area contributed by atoms with Crippen LogP contribution in [0.4, 0.5) is 5.82 Å². The maximum atomic E-state index is 6.37. The zero-order chi connectivity index (χ0) is 19.2. The highest BCUT2D eigenvalue weighted by Gasteiger charge is 2.56. The lowest BCUT2D eigenvalue weighted by molar-refractivity contribution is -0.197. The average molecular weight is 377 g/mol. The van der Waals surface area contributed by atoms with E-state index in [1.165, 1.54) is 6.33 Å². The van der Waals surface area contributed by atoms with Gasteiger partial charge in [0.05, 0.1) is 6.33 Å². The Labute approximate surface area is 158 Å². The third-order valence-electron chi connectivity index (χ3n) is 5.02. The van der Waals surface area contributed by atoms with Gasteiger partial charge in [-0.3, -0.25) is 4.57 Å². The summed E-state index contributed by atoms with van der Waals surface area (Å²) in [5.74, 6) is -0.315. The molecule has 10 nitrogen and oxygen atoms in total. The summed E-state index contributed by atoms with van der Waals surface area (Å²) >= 11 is 0. The number of imidazole rings is 1. The second kappa shape index (κ2) is 6.95. The second-order valence-corrected chi connectivity index (χ2v) is 7.58. The Morgan fingerprint density at radius 3 is 2.81 bits per heavy atom. The standard InChI is InChI=1S/C17H27N7O3/c1-17(2)26-12-10(7-23(4)6-5-19-3)25-16(13(12)27-17)24-9-22-11-14(18)20-8-21-15(11)24/h8-10,12-13,16,19H,5-7H2,1-4H3,(H2,18,20,21). The second-order valence-electron chi connectivity index (χ2n) is 7.58. The van der Waals surface area contributed by atoms with Gasteiger partial charge in [0.1, 0.15) is 30.2 Å². The monoisotopic (exact) mass is 377 g/mol. The van der Waals surface area contributed by atoms with Crippen LogP contribution < -0.4 is 11.1 Å². The summed E-state index contributed by atoms with van der Waals surface area (Å²) in [6.07, 6.45) is 2.18. The van der Waals surface area contributed by atoms with Crippen molar-refractivity contribution in [3.05, 3.63) is 12.7 Å². The summed E-state index contributed by atoms with van der Waals surface area (Å²) in [6.45, 7) is 6.42. The van der Waals surface area contributed by atoms with Gasteiger partial charge in [0.2, 0.25) is 0 Å². The minimum Gasteiger partial charge on any atom is -0.382 e. The Morgan fingerprint density at radius 1 is 1.26 bits per heavy atom. The lowest BCUT2D eigenvalue weighted by Gasteiger charge is -2.27. The largest absolute Gasteiger partial charge is 0.382 e. The molecule has 2 aromatic rings. The molecule has 4 unspecified atom stereocenters. The van der Waals surface area contributed by atoms with E-state index < -0.39 is 12.0 Å². The van der Waals surface area contributed by atoms with Gasteiger partial charge in [-0.25, -0.2) is 15.0 Å². The topological polar surface area (TPSA) is 113 Å². The first-order chi connectivity index (χ1) is 12.9. The quantitative estimate of drug-likeness (QED) is 0.717. The van der Waals surface area contributed by atoms with Crippen LogP contribution in [0, 0.1) is 0 Å². The van der Waals surface area contributed by atoms with Gasteiger partial charge in [-0.2, -0.15) is 0 Å². The van der Waals surface area contributed by atoms with Crippen molar-refractivity contribution in [3.63, 3.8) is 0 Å². The fourth-order valence-electron chi connectivity index (χ4n) is 3.79. The van der Waals surface area contributed by atoms with Gasteiger partial charge in [0.25, 0.3) is 0 Å². The van der Waals surface area contributed by atoms with Crippen LogP contribution in [0.15, 0.2) is 12.7 Å². The number of nitrogens with two attached hydrogens (primary N) is 1. The zero-order valence-electron chi connectivity index (χ0n) is 16.1. The fraction of sp³-hybridized carbons (Fsp3) is 0.706. The smallest absolute Gasteiger partial charge is 0.167 e. The molecular weight excluding hydrogens is 350 g/mol. The number of nitrogen functional groups attached to an aromatic ring is 1. The molecule has 0 saturated carbocycles. The van der Waals surface area contributed by atoms with Gasteiger partial charge in [0, 0.05) is 19.6 Å². The molecule has 27 heavy (non-hydrogen) atoms. The molecule has 4 rings (SSSR count). The van der Waals surface area contributed by atoms with Gasteiger partial charge in [-0.05, 0) is 27.9 Å². The first-order valence-electron chi connectivity index (χ1n) is 9.17. The molecule has 2 aromatic heterocycles. The third-order valence-corrected chi connectivity index (χ3v) is 5.02. The molecule has 0 bridgehead atoms. The molecule has 4 heterocycles. The van der Waals surface area contributed by atoms with Crippen molar-refractivity contribution < 1.29 is 14.2 Å². The van der Waals surface area contributed by atoms with Crippen LogP contribution in [0.5, 0.6) is 0 Å². The molecule has 2 fully saturated rings. The predicted octanol–water partition coefficient (Wildman–Crippen LogP) is -0.0228. The summed E-state index contributed by atoms with van der Waals surface area (Å²) in [7, 11) is 4.02. The van der Waals surface area contributed by atoms with Gasteiger partial charge < -0.3 is 30.2 Å². The van der Waals surface area contributed by atoms with Crippen molar-refractivity contribution in [2.24, 2.45) is 0 Å². The number of ether oxygens (including phenoxy) is 3. The molecule has 0 aromatic carbocycles. The summed E-state index contributed by atoms with van der Waals surface area (Å²) in [4.78, 5) is 14.9. The Hall–Kier alpha value is -1.85. The highest BCUT2D eigenvalue weighted by molar-refractivity contribution is 5.81. The average Bonchev–Trinajstić information content (AvgIpc) is 3.26. The molecular formula is C17H27N7O3. The summed E-state index contributed by atoms with van der Waals surface area (Å²) in [5, 5.41) is 3.16. The van der Waals surface area contributed by atoms with Crippen molar-refractivity contribution in [2.45, 2.75) is 44.2 Å². The summed E-state index contributed by atoms with van der Waals surface area (Å²) in [6, 6.07) is 0. The van der Waals surface area contributed by atoms with E-state index >= 15 is 0 Å². The molecule has 3 N–H and O–H groups in total. The normalized spacial score (nSPS) is 29.7. The number of anilines is 1. The van der Waals surface area contributed by atoms with Crippen LogP contribution in [0.25, 0.3) is 11.2 Å². The number of rotatable bonds is 6. The van der Waals surface area contributed by atoms with Crippen LogP contribution >= 0.6 is 0 Å². The van der Waals surface area contributed by atoms with Gasteiger partial charge >= 0.3 is 0 Å². The first-order valence-corrected chi connectivity index (χ1v) is 9.17. The highest BCUT2D eigenvalue weighted by Crippen LogP contribution is 2.43. The first kappa shape index (κ1) is 18.5. The molecule has 0 spiro atoms. The number of hydrogen-bond acceptors (Lipinski definition) is 9. The van der Waals surface area contributed by atoms with Crippen molar-refractivity contribution in [3.8, 4) is 0 Å². The Bertz CT molecular complexity index is 811. The molecule has 148 valence electrons. The Morgan fingerprint density at radius 2 is 2.04 bits per heavy atom. The zero-order valence-corrected chi connectivity index (χ0v) is 16.1. The van der Waals surface area contributed by atoms with Crippen LogP contribution in [-0.2, 0) is 14.2 Å². The lowest BCUT2D eigenvalue weighted by Crippen LogP contribution is -2.40. The van der Waals surface area contributed by atoms with Crippen molar-refractivity contribution in [1.82, 2.24) is 29.7 Å². The fourth-order valence-corrected chi connectivity index (χ4v) is 3.79. The molecule has 2 aliphatic rings. The van der Waals surface area contributed by atoms with Crippen LogP contribution in [-0.4, -0.2) is 82.2 Å². The summed E-state index contributed by atoms with van der Waals surface area (Å²) in [5.41, 5.74) is 7.11. The van der Waals surface area contributed by atoms with Crippen LogP contribution in [0.1, 0.15) is 20.1 Å². The van der Waals surface area contributed by atoms with Gasteiger partial charge in [0.15, 0.2) is 23.5 Å². The SMILES string of the molecule is CNCCN(C)CC1OC(n2cnc3c(N)ncnc32)C2OC(C)(C)OC12. The van der Waals surface area contributed by atoms with E-state index in [4.69, 9.17) is 19.9 Å². The van der Waals surface area contributed by atoms with E-state index in [0.717, 1.165) is 19.6 Å². The van der Waals surface area contributed by atoms with E-state index in [1.807, 2.05) is 25.5 Å². The maximum absolute atomic E-state index is 6.37.